The quantitative estimate of drug-likeness (QED) is 0.103. The van der Waals surface area contributed by atoms with Crippen LogP contribution in [0.25, 0.3) is 53.2 Å². The molecule has 0 saturated carbocycles. The first-order chi connectivity index (χ1) is 28.0. The summed E-state index contributed by atoms with van der Waals surface area (Å²) in [5, 5.41) is 16.3. The van der Waals surface area contributed by atoms with E-state index >= 15 is 0 Å². The van der Waals surface area contributed by atoms with Crippen molar-refractivity contribution in [1.82, 2.24) is 4.57 Å². The number of allylic oxidation sites excluding steroid dienone is 4. The van der Waals surface area contributed by atoms with Crippen LogP contribution < -0.4 is 21.9 Å². The van der Waals surface area contributed by atoms with E-state index in [1.165, 1.54) is 64.3 Å². The Morgan fingerprint density at radius 2 is 1.50 bits per heavy atom. The first-order valence-corrected chi connectivity index (χ1v) is 20.9. The second kappa shape index (κ2) is 13.7. The molecule has 1 N–H and O–H groups in total. The van der Waals surface area contributed by atoms with Crippen molar-refractivity contribution in [3.63, 3.8) is 0 Å². The number of hydrogen-bond donors (Lipinski definition) is 2. The Labute approximate surface area is 353 Å². The van der Waals surface area contributed by atoms with Crippen LogP contribution in [0, 0.1) is 27.7 Å². The summed E-state index contributed by atoms with van der Waals surface area (Å²) in [6.07, 6.45) is 4.93. The van der Waals surface area contributed by atoms with E-state index in [9.17, 15) is 5.11 Å². The molecule has 2 aromatic heterocycles. The average Bonchev–Trinajstić information content (AvgIpc) is 3.92. The maximum atomic E-state index is 11.3. The molecule has 0 aliphatic heterocycles. The van der Waals surface area contributed by atoms with Crippen molar-refractivity contribution in [2.45, 2.75) is 58.4 Å². The summed E-state index contributed by atoms with van der Waals surface area (Å²) >= 11 is 6.44. The molecule has 2 heterocycles. The number of thiol groups is 1. The Morgan fingerprint density at radius 1 is 0.776 bits per heavy atom. The van der Waals surface area contributed by atoms with Crippen LogP contribution >= 0.6 is 24.0 Å². The average molecular weight is 776 g/mol. The molecule has 0 fully saturated rings. The minimum absolute atomic E-state index is 0.0193. The van der Waals surface area contributed by atoms with Crippen molar-refractivity contribution in [1.29, 1.82) is 0 Å². The summed E-state index contributed by atoms with van der Waals surface area (Å²) in [6, 6.07) is 29.0. The highest BCUT2D eigenvalue weighted by Gasteiger charge is 2.31. The van der Waals surface area contributed by atoms with Gasteiger partial charge in [0.2, 0.25) is 0 Å². The Hall–Kier alpha value is -5.10. The number of phenols is 1. The molecule has 272 valence electrons. The number of benzene rings is 6. The number of rotatable bonds is 5. The van der Waals surface area contributed by atoms with Gasteiger partial charge < -0.3 is 9.67 Å². The smallest absolute Gasteiger partial charge is 0.133 e. The van der Waals surface area contributed by atoms with Crippen LogP contribution in [-0.2, 0) is 13.0 Å². The lowest BCUT2D eigenvalue weighted by Crippen LogP contribution is -2.36. The van der Waals surface area contributed by atoms with Crippen molar-refractivity contribution >= 4 is 130 Å². The molecule has 10 rings (SSSR count). The second-order valence-electron chi connectivity index (χ2n) is 15.8. The van der Waals surface area contributed by atoms with E-state index in [4.69, 9.17) is 36.4 Å². The zero-order valence-corrected chi connectivity index (χ0v) is 34.6. The van der Waals surface area contributed by atoms with E-state index in [0.29, 0.717) is 37.9 Å². The van der Waals surface area contributed by atoms with E-state index in [2.05, 4.69) is 116 Å². The standard InChI is InChI=1S/C49H36B4N2OS2/c1-23-24(2)39(44(53)41(50)25(23)3)45(54-22-36-43(52)42(51)26(4)48(57)47(36)56)35-13-9-10-27-20-28-21-29(16-17-30(28)40(27)35)55-37-14-7-5-11-31(37)33-18-19-34-32-12-6-8-15-38(32)58-49(34)46(33)55/h5-8,11-19,21,56-57H,9-10,20,22H2,1-4H3. The fourth-order valence-corrected chi connectivity index (χ4v) is 10.9. The third-order valence-electron chi connectivity index (χ3n) is 12.9. The van der Waals surface area contributed by atoms with Crippen LogP contribution in [0.3, 0.4) is 0 Å². The van der Waals surface area contributed by atoms with Gasteiger partial charge in [-0.1, -0.05) is 93.7 Å². The predicted molar refractivity (Wildman–Crippen MR) is 254 cm³/mol. The summed E-state index contributed by atoms with van der Waals surface area (Å²) < 4.78 is 5.05. The number of hydrogen-bond acceptors (Lipinski definition) is 4. The van der Waals surface area contributed by atoms with Gasteiger partial charge >= 0.3 is 0 Å². The molecule has 8 radical (unpaired) electrons. The highest BCUT2D eigenvalue weighted by Crippen LogP contribution is 2.47. The van der Waals surface area contributed by atoms with Crippen molar-refractivity contribution in [2.75, 3.05) is 0 Å². The molecule has 0 atom stereocenters. The number of fused-ring (bicyclic) bond motifs is 9. The van der Waals surface area contributed by atoms with Crippen molar-refractivity contribution in [3.8, 4) is 11.4 Å². The van der Waals surface area contributed by atoms with E-state index < -0.39 is 0 Å². The van der Waals surface area contributed by atoms with Crippen LogP contribution in [0.2, 0.25) is 0 Å². The van der Waals surface area contributed by atoms with Gasteiger partial charge in [-0.25, -0.2) is 0 Å². The summed E-state index contributed by atoms with van der Waals surface area (Å²) in [6.45, 7) is 8.03. The zero-order chi connectivity index (χ0) is 40.3. The molecule has 8 aromatic rings. The maximum Gasteiger partial charge on any atom is 0.133 e. The number of aromatic nitrogens is 1. The fourth-order valence-electron chi connectivity index (χ4n) is 9.45. The minimum Gasteiger partial charge on any atom is -0.506 e. The molecule has 0 saturated heterocycles. The Morgan fingerprint density at radius 3 is 2.31 bits per heavy atom. The number of para-hydroxylation sites is 1. The van der Waals surface area contributed by atoms with Gasteiger partial charge in [0.1, 0.15) is 37.1 Å². The number of nitrogens with zero attached hydrogens (tertiary/aromatic N) is 2. The molecule has 0 amide bonds. The van der Waals surface area contributed by atoms with Gasteiger partial charge in [-0.05, 0) is 110 Å². The summed E-state index contributed by atoms with van der Waals surface area (Å²) in [5.74, 6) is -0.0193. The van der Waals surface area contributed by atoms with E-state index in [0.717, 1.165) is 58.5 Å². The molecule has 9 heteroatoms. The molecule has 2 aliphatic carbocycles. The van der Waals surface area contributed by atoms with Crippen LogP contribution in [0.15, 0.2) is 106 Å². The SMILES string of the molecule is [B]c1c([B])c(C(=NCc2c([B])c([B])c(C)c(S)c2O)C2=CCCC3=C2c2ccc(-n4c5ccccc5c5ccc6c7ccccc7sc6c54)cc2C3)c(C)c(C)c1C. The van der Waals surface area contributed by atoms with Gasteiger partial charge in [-0.2, -0.15) is 0 Å². The highest BCUT2D eigenvalue weighted by atomic mass is 32.1. The predicted octanol–water partition coefficient (Wildman–Crippen LogP) is 8.27. The zero-order valence-electron chi connectivity index (χ0n) is 32.9. The molecular weight excluding hydrogens is 740 g/mol. The Bertz CT molecular complexity index is 3180. The van der Waals surface area contributed by atoms with E-state index in [-0.39, 0.29) is 12.3 Å². The van der Waals surface area contributed by atoms with Gasteiger partial charge in [0.25, 0.3) is 0 Å². The Kier molecular flexibility index (Phi) is 8.81. The number of aromatic hydroxyl groups is 1. The number of aliphatic imine (C=N–C) groups is 1. The van der Waals surface area contributed by atoms with Gasteiger partial charge in [0.05, 0.1) is 28.0 Å². The molecule has 0 spiro atoms. The molecule has 3 nitrogen and oxygen atoms in total. The number of thiophene rings is 1. The first kappa shape index (κ1) is 37.2. The lowest BCUT2D eigenvalue weighted by molar-refractivity contribution is 0.456. The largest absolute Gasteiger partial charge is 0.506 e. The van der Waals surface area contributed by atoms with Crippen LogP contribution in [-0.4, -0.2) is 46.8 Å². The molecule has 2 aliphatic rings. The summed E-state index contributed by atoms with van der Waals surface area (Å²) in [4.78, 5) is 5.70. The Balaban J connectivity index is 1.15. The summed E-state index contributed by atoms with van der Waals surface area (Å²) in [7, 11) is 26.6. The topological polar surface area (TPSA) is 37.5 Å². The van der Waals surface area contributed by atoms with Crippen LogP contribution in [0.1, 0.15) is 57.3 Å². The first-order valence-electron chi connectivity index (χ1n) is 19.6. The molecular formula is C49H36B4N2OS2. The van der Waals surface area contributed by atoms with Crippen molar-refractivity contribution in [2.24, 2.45) is 4.99 Å². The second-order valence-corrected chi connectivity index (χ2v) is 17.3. The third-order valence-corrected chi connectivity index (χ3v) is 14.6. The molecule has 0 unspecified atom stereocenters. The van der Waals surface area contributed by atoms with E-state index in [1.54, 1.807) is 6.92 Å². The van der Waals surface area contributed by atoms with Gasteiger partial charge in [0, 0.05) is 48.0 Å². The lowest BCUT2D eigenvalue weighted by Gasteiger charge is -2.26. The van der Waals surface area contributed by atoms with Crippen molar-refractivity contribution in [3.05, 3.63) is 141 Å². The third kappa shape index (κ3) is 5.35. The molecule has 58 heavy (non-hydrogen) atoms. The molecule has 0 bridgehead atoms. The summed E-state index contributed by atoms with van der Waals surface area (Å²) in [5.41, 5.74) is 17.0. The van der Waals surface area contributed by atoms with Gasteiger partial charge in [-0.3, -0.25) is 4.99 Å². The highest BCUT2D eigenvalue weighted by molar-refractivity contribution is 7.80. The fraction of sp³-hybridized carbons (Fsp3) is 0.163. The van der Waals surface area contributed by atoms with Gasteiger partial charge in [-0.15, -0.1) is 24.0 Å². The van der Waals surface area contributed by atoms with Gasteiger partial charge in [0.15, 0.2) is 0 Å². The lowest BCUT2D eigenvalue weighted by atomic mass is 9.69. The van der Waals surface area contributed by atoms with E-state index in [1.807, 2.05) is 18.3 Å². The molecule has 6 aromatic carbocycles. The van der Waals surface area contributed by atoms with Crippen LogP contribution in [0.4, 0.5) is 0 Å². The van der Waals surface area contributed by atoms with Crippen LogP contribution in [0.5, 0.6) is 5.75 Å². The van der Waals surface area contributed by atoms with Crippen molar-refractivity contribution < 1.29 is 5.11 Å². The number of phenolic OH excluding ortho intramolecular Hbond substituents is 1. The normalized spacial score (nSPS) is 14.3. The maximum absolute atomic E-state index is 11.3. The minimum atomic E-state index is -0.0193. The monoisotopic (exact) mass is 776 g/mol.